The second kappa shape index (κ2) is 6.76. The summed E-state index contributed by atoms with van der Waals surface area (Å²) in [4.78, 5) is 0. The van der Waals surface area contributed by atoms with Crippen LogP contribution in [0.15, 0.2) is 53.6 Å². The van der Waals surface area contributed by atoms with Crippen LogP contribution in [0.5, 0.6) is 5.75 Å². The van der Waals surface area contributed by atoms with E-state index in [0.717, 1.165) is 16.9 Å². The van der Waals surface area contributed by atoms with Crippen molar-refractivity contribution < 1.29 is 4.74 Å². The van der Waals surface area contributed by atoms with Crippen molar-refractivity contribution in [2.75, 3.05) is 7.11 Å². The first kappa shape index (κ1) is 15.5. The van der Waals surface area contributed by atoms with Gasteiger partial charge in [-0.25, -0.2) is 5.10 Å². The van der Waals surface area contributed by atoms with Crippen LogP contribution in [0.2, 0.25) is 5.02 Å². The van der Waals surface area contributed by atoms with Crippen molar-refractivity contribution in [1.29, 1.82) is 0 Å². The zero-order valence-electron chi connectivity index (χ0n) is 12.2. The van der Waals surface area contributed by atoms with Crippen molar-refractivity contribution in [3.63, 3.8) is 0 Å². The molecule has 1 aromatic heterocycles. The number of hydrogen-bond acceptors (Lipinski definition) is 4. The average Bonchev–Trinajstić information content (AvgIpc) is 2.94. The molecule has 1 heterocycles. The molecule has 0 atom stereocenters. The summed E-state index contributed by atoms with van der Waals surface area (Å²) in [6.07, 6.45) is 1.68. The molecule has 0 aliphatic rings. The minimum atomic E-state index is 0.411. The number of benzene rings is 2. The van der Waals surface area contributed by atoms with Gasteiger partial charge < -0.3 is 4.74 Å². The van der Waals surface area contributed by atoms with E-state index in [1.54, 1.807) is 18.0 Å². The van der Waals surface area contributed by atoms with Crippen molar-refractivity contribution in [2.24, 2.45) is 5.10 Å². The maximum Gasteiger partial charge on any atom is 0.216 e. The third kappa shape index (κ3) is 3.49. The summed E-state index contributed by atoms with van der Waals surface area (Å²) < 4.78 is 7.14. The summed E-state index contributed by atoms with van der Waals surface area (Å²) in [5.74, 6) is 1.40. The molecule has 2 aromatic carbocycles. The summed E-state index contributed by atoms with van der Waals surface area (Å²) in [7, 11) is 1.63. The van der Waals surface area contributed by atoms with Crippen molar-refractivity contribution >= 4 is 30.0 Å². The maximum atomic E-state index is 5.97. The first-order valence-electron chi connectivity index (χ1n) is 6.79. The molecule has 0 fully saturated rings. The molecule has 0 aliphatic heterocycles. The Bertz CT molecular complexity index is 899. The number of halogens is 1. The monoisotopic (exact) mass is 344 g/mol. The molecule has 0 saturated carbocycles. The number of aromatic nitrogens is 3. The zero-order chi connectivity index (χ0) is 16.2. The number of rotatable bonds is 4. The van der Waals surface area contributed by atoms with Crippen molar-refractivity contribution in [2.45, 2.75) is 0 Å². The van der Waals surface area contributed by atoms with Gasteiger partial charge in [-0.1, -0.05) is 23.7 Å². The van der Waals surface area contributed by atoms with Crippen LogP contribution in [-0.2, 0) is 0 Å². The lowest BCUT2D eigenvalue weighted by atomic mass is 10.2. The van der Waals surface area contributed by atoms with Gasteiger partial charge in [0.15, 0.2) is 5.82 Å². The molecule has 3 rings (SSSR count). The van der Waals surface area contributed by atoms with Gasteiger partial charge in [-0.3, -0.25) is 0 Å². The molecule has 5 nitrogen and oxygen atoms in total. The molecule has 1 N–H and O–H groups in total. The molecule has 0 unspecified atom stereocenters. The van der Waals surface area contributed by atoms with Gasteiger partial charge in [-0.15, -0.1) is 0 Å². The quantitative estimate of drug-likeness (QED) is 0.571. The van der Waals surface area contributed by atoms with E-state index < -0.39 is 0 Å². The molecule has 23 heavy (non-hydrogen) atoms. The highest BCUT2D eigenvalue weighted by Crippen LogP contribution is 2.20. The van der Waals surface area contributed by atoms with Gasteiger partial charge in [0.05, 0.1) is 13.3 Å². The summed E-state index contributed by atoms with van der Waals surface area (Å²) in [5, 5.41) is 12.0. The fourth-order valence-corrected chi connectivity index (χ4v) is 2.42. The molecule has 0 radical (unpaired) electrons. The predicted octanol–water partition coefficient (Wildman–Crippen LogP) is 4.15. The van der Waals surface area contributed by atoms with Crippen LogP contribution in [-0.4, -0.2) is 28.2 Å². The van der Waals surface area contributed by atoms with Crippen LogP contribution in [0.1, 0.15) is 5.56 Å². The van der Waals surface area contributed by atoms with E-state index in [1.807, 2.05) is 48.5 Å². The number of nitrogens with zero attached hydrogens (tertiary/aromatic N) is 3. The van der Waals surface area contributed by atoms with Crippen molar-refractivity contribution in [1.82, 2.24) is 14.9 Å². The van der Waals surface area contributed by atoms with E-state index in [9.17, 15) is 0 Å². The third-order valence-electron chi connectivity index (χ3n) is 3.17. The van der Waals surface area contributed by atoms with Crippen molar-refractivity contribution in [3.05, 3.63) is 63.9 Å². The highest BCUT2D eigenvalue weighted by Gasteiger charge is 2.08. The van der Waals surface area contributed by atoms with E-state index >= 15 is 0 Å². The standard InChI is InChI=1S/C16H13ClN4OS/c1-22-14-7-5-12(6-8-14)15-19-20-16(23)21(15)18-10-11-3-2-4-13(17)9-11/h2-10H,1H3,(H,20,23)/b18-10+. The predicted molar refractivity (Wildman–Crippen MR) is 93.8 cm³/mol. The summed E-state index contributed by atoms with van der Waals surface area (Å²) in [6, 6.07) is 14.9. The second-order valence-corrected chi connectivity index (χ2v) is 5.52. The Kier molecular flexibility index (Phi) is 4.55. The van der Waals surface area contributed by atoms with Crippen LogP contribution in [0.25, 0.3) is 11.4 Å². The molecule has 0 saturated heterocycles. The largest absolute Gasteiger partial charge is 0.497 e. The Morgan fingerprint density at radius 2 is 2.04 bits per heavy atom. The third-order valence-corrected chi connectivity index (χ3v) is 3.67. The van der Waals surface area contributed by atoms with Gasteiger partial charge in [0.1, 0.15) is 5.75 Å². The Morgan fingerprint density at radius 1 is 1.26 bits per heavy atom. The lowest BCUT2D eigenvalue weighted by molar-refractivity contribution is 0.415. The Morgan fingerprint density at radius 3 is 2.74 bits per heavy atom. The van der Waals surface area contributed by atoms with Crippen LogP contribution < -0.4 is 4.74 Å². The SMILES string of the molecule is COc1ccc(-c2n[nH]c(=S)n2/N=C/c2cccc(Cl)c2)cc1. The van der Waals surface area contributed by atoms with Gasteiger partial charge in [0.2, 0.25) is 4.77 Å². The van der Waals surface area contributed by atoms with E-state index in [4.69, 9.17) is 28.6 Å². The topological polar surface area (TPSA) is 55.2 Å². The van der Waals surface area contributed by atoms with Crippen molar-refractivity contribution in [3.8, 4) is 17.1 Å². The molecule has 7 heteroatoms. The van der Waals surface area contributed by atoms with E-state index in [-0.39, 0.29) is 0 Å². The lowest BCUT2D eigenvalue weighted by Gasteiger charge is -2.03. The number of ether oxygens (including phenoxy) is 1. The maximum absolute atomic E-state index is 5.97. The highest BCUT2D eigenvalue weighted by molar-refractivity contribution is 7.71. The van der Waals surface area contributed by atoms with Gasteiger partial charge >= 0.3 is 0 Å². The molecule has 0 aliphatic carbocycles. The first-order chi connectivity index (χ1) is 11.2. The second-order valence-electron chi connectivity index (χ2n) is 4.69. The zero-order valence-corrected chi connectivity index (χ0v) is 13.8. The Hall–Kier alpha value is -2.44. The number of methoxy groups -OCH3 is 1. The fraction of sp³-hybridized carbons (Fsp3) is 0.0625. The molecule has 116 valence electrons. The van der Waals surface area contributed by atoms with Gasteiger partial charge in [0.25, 0.3) is 0 Å². The summed E-state index contributed by atoms with van der Waals surface area (Å²) in [5.41, 5.74) is 1.75. The molecular formula is C16H13ClN4OS. The minimum absolute atomic E-state index is 0.411. The molecule has 3 aromatic rings. The first-order valence-corrected chi connectivity index (χ1v) is 7.58. The van der Waals surface area contributed by atoms with Crippen LogP contribution in [0.4, 0.5) is 0 Å². The van der Waals surface area contributed by atoms with Crippen LogP contribution in [0, 0.1) is 4.77 Å². The van der Waals surface area contributed by atoms with Crippen LogP contribution in [0.3, 0.4) is 0 Å². The average molecular weight is 345 g/mol. The molecule has 0 spiro atoms. The number of nitrogens with one attached hydrogen (secondary N) is 1. The molecular weight excluding hydrogens is 332 g/mol. The summed E-state index contributed by atoms with van der Waals surface area (Å²) >= 11 is 11.2. The molecule has 0 amide bonds. The van der Waals surface area contributed by atoms with E-state index in [2.05, 4.69) is 15.3 Å². The van der Waals surface area contributed by atoms with E-state index in [1.165, 1.54) is 0 Å². The number of hydrogen-bond donors (Lipinski definition) is 1. The minimum Gasteiger partial charge on any atom is -0.497 e. The Balaban J connectivity index is 1.96. The summed E-state index contributed by atoms with van der Waals surface area (Å²) in [6.45, 7) is 0. The number of H-pyrrole nitrogens is 1. The smallest absolute Gasteiger partial charge is 0.216 e. The van der Waals surface area contributed by atoms with Crippen LogP contribution >= 0.6 is 23.8 Å². The van der Waals surface area contributed by atoms with Gasteiger partial charge in [-0.2, -0.15) is 14.9 Å². The van der Waals surface area contributed by atoms with Gasteiger partial charge in [0, 0.05) is 10.6 Å². The van der Waals surface area contributed by atoms with Gasteiger partial charge in [-0.05, 0) is 54.2 Å². The molecule has 0 bridgehead atoms. The lowest BCUT2D eigenvalue weighted by Crippen LogP contribution is -1.95. The highest BCUT2D eigenvalue weighted by atomic mass is 35.5. The fourth-order valence-electron chi connectivity index (χ4n) is 2.04. The Labute approximate surface area is 143 Å². The normalized spacial score (nSPS) is 11.0. The number of aromatic amines is 1. The van der Waals surface area contributed by atoms with E-state index in [0.29, 0.717) is 15.6 Å².